The van der Waals surface area contributed by atoms with E-state index < -0.39 is 31.3 Å². The van der Waals surface area contributed by atoms with Crippen molar-refractivity contribution in [2.24, 2.45) is 0 Å². The molecule has 1 N–H and O–H groups in total. The Bertz CT molecular complexity index is 610. The minimum Gasteiger partial charge on any atom is -0.405 e. The van der Waals surface area contributed by atoms with Crippen molar-refractivity contribution in [3.63, 3.8) is 0 Å². The van der Waals surface area contributed by atoms with E-state index in [4.69, 9.17) is 9.31 Å². The number of aliphatic hydroxyl groups excluding tert-OH is 1. The fourth-order valence-electron chi connectivity index (χ4n) is 2.20. The van der Waals surface area contributed by atoms with Crippen LogP contribution < -0.4 is 4.74 Å². The summed E-state index contributed by atoms with van der Waals surface area (Å²) in [5.41, 5.74) is -0.748. The van der Waals surface area contributed by atoms with Crippen molar-refractivity contribution in [2.45, 2.75) is 45.3 Å². The Hall–Kier alpha value is -1.51. The summed E-state index contributed by atoms with van der Waals surface area (Å²) in [5.74, 6) is -0.354. The number of benzene rings is 1. The first-order valence-corrected chi connectivity index (χ1v) is 7.47. The number of halogens is 3. The molecular formula is C16H20BF3O4. The van der Waals surface area contributed by atoms with Crippen LogP contribution in [0.5, 0.6) is 5.75 Å². The van der Waals surface area contributed by atoms with Gasteiger partial charge in [0, 0.05) is 5.56 Å². The number of hydrogen-bond donors (Lipinski definition) is 1. The molecule has 1 fully saturated rings. The Balaban J connectivity index is 2.33. The minimum atomic E-state index is -4.80. The quantitative estimate of drug-likeness (QED) is 0.848. The molecule has 0 saturated carbocycles. The maximum absolute atomic E-state index is 12.5. The van der Waals surface area contributed by atoms with Gasteiger partial charge in [-0.05, 0) is 39.2 Å². The fourth-order valence-corrected chi connectivity index (χ4v) is 2.20. The Morgan fingerprint density at radius 3 is 2.21 bits per heavy atom. The average Bonchev–Trinajstić information content (AvgIpc) is 2.64. The molecule has 0 spiro atoms. The van der Waals surface area contributed by atoms with Crippen LogP contribution in [-0.2, 0) is 9.31 Å². The van der Waals surface area contributed by atoms with Gasteiger partial charge in [0.1, 0.15) is 5.75 Å². The summed E-state index contributed by atoms with van der Waals surface area (Å²) in [6.07, 6.45) is -3.41. The van der Waals surface area contributed by atoms with Crippen molar-refractivity contribution < 1.29 is 32.3 Å². The number of para-hydroxylation sites is 1. The second-order valence-electron chi connectivity index (χ2n) is 6.55. The molecule has 0 bridgehead atoms. The zero-order valence-electron chi connectivity index (χ0n) is 14.0. The molecule has 1 aromatic carbocycles. The average molecular weight is 344 g/mol. The Morgan fingerprint density at radius 2 is 1.71 bits per heavy atom. The highest BCUT2D eigenvalue weighted by Gasteiger charge is 2.52. The van der Waals surface area contributed by atoms with Crippen molar-refractivity contribution in [3.05, 3.63) is 35.3 Å². The third-order valence-corrected chi connectivity index (χ3v) is 4.22. The van der Waals surface area contributed by atoms with E-state index in [1.807, 2.05) is 27.7 Å². The molecule has 0 atom stereocenters. The summed E-state index contributed by atoms with van der Waals surface area (Å²) in [7, 11) is -0.848. The minimum absolute atomic E-state index is 0.175. The van der Waals surface area contributed by atoms with Gasteiger partial charge >= 0.3 is 13.5 Å². The number of rotatable bonds is 4. The van der Waals surface area contributed by atoms with Crippen LogP contribution in [0.2, 0.25) is 0 Å². The summed E-state index contributed by atoms with van der Waals surface area (Å²) < 4.78 is 53.2. The predicted octanol–water partition coefficient (Wildman–Crippen LogP) is 3.59. The molecule has 0 aromatic heterocycles. The Labute approximate surface area is 139 Å². The summed E-state index contributed by atoms with van der Waals surface area (Å²) in [6.45, 7) is 6.98. The fraction of sp³-hybridized carbons (Fsp3) is 0.500. The van der Waals surface area contributed by atoms with E-state index in [0.29, 0.717) is 5.47 Å². The van der Waals surface area contributed by atoms with Crippen molar-refractivity contribution >= 4 is 13.2 Å². The summed E-state index contributed by atoms with van der Waals surface area (Å²) >= 11 is 0. The standard InChI is InChI=1S/C16H20BF3O4/c1-14(2)15(3,4)24-17(23-14)12(10-21)9-11-7-5-6-8-13(11)22-16(18,19)20/h5-9,21H,10H2,1-4H3. The smallest absolute Gasteiger partial charge is 0.405 e. The van der Waals surface area contributed by atoms with Crippen LogP contribution in [0.1, 0.15) is 33.3 Å². The lowest BCUT2D eigenvalue weighted by molar-refractivity contribution is -0.274. The molecule has 0 aliphatic carbocycles. The van der Waals surface area contributed by atoms with Crippen molar-refractivity contribution in [1.29, 1.82) is 0 Å². The van der Waals surface area contributed by atoms with Crippen molar-refractivity contribution in [1.82, 2.24) is 0 Å². The number of hydrogen-bond acceptors (Lipinski definition) is 4. The van der Waals surface area contributed by atoms with Crippen LogP contribution in [0.25, 0.3) is 6.08 Å². The van der Waals surface area contributed by atoms with Crippen LogP contribution >= 0.6 is 0 Å². The molecular weight excluding hydrogens is 324 g/mol. The third-order valence-electron chi connectivity index (χ3n) is 4.22. The van der Waals surface area contributed by atoms with Gasteiger partial charge in [-0.1, -0.05) is 24.3 Å². The van der Waals surface area contributed by atoms with E-state index >= 15 is 0 Å². The topological polar surface area (TPSA) is 47.9 Å². The van der Waals surface area contributed by atoms with Crippen molar-refractivity contribution in [3.8, 4) is 5.75 Å². The number of aliphatic hydroxyl groups is 1. The lowest BCUT2D eigenvalue weighted by Gasteiger charge is -2.32. The second kappa shape index (κ2) is 6.42. The van der Waals surface area contributed by atoms with Crippen LogP contribution in [0.15, 0.2) is 29.7 Å². The van der Waals surface area contributed by atoms with Crippen LogP contribution in [0.3, 0.4) is 0 Å². The molecule has 0 amide bonds. The van der Waals surface area contributed by atoms with Crippen molar-refractivity contribution in [2.75, 3.05) is 6.61 Å². The molecule has 1 saturated heterocycles. The highest BCUT2D eigenvalue weighted by atomic mass is 19.4. The van der Waals surface area contributed by atoms with Gasteiger partial charge in [-0.15, -0.1) is 13.2 Å². The van der Waals surface area contributed by atoms with Gasteiger partial charge in [-0.2, -0.15) is 0 Å². The van der Waals surface area contributed by atoms with Gasteiger partial charge in [0.15, 0.2) is 0 Å². The monoisotopic (exact) mass is 344 g/mol. The van der Waals surface area contributed by atoms with E-state index in [1.54, 1.807) is 6.07 Å². The van der Waals surface area contributed by atoms with E-state index in [0.717, 1.165) is 0 Å². The van der Waals surface area contributed by atoms with E-state index in [1.165, 1.54) is 24.3 Å². The lowest BCUT2D eigenvalue weighted by atomic mass is 9.77. The zero-order chi connectivity index (χ0) is 18.2. The number of ether oxygens (including phenoxy) is 1. The number of alkyl halides is 3. The molecule has 0 unspecified atom stereocenters. The molecule has 1 aliphatic heterocycles. The maximum atomic E-state index is 12.5. The lowest BCUT2D eigenvalue weighted by Crippen LogP contribution is -2.41. The highest BCUT2D eigenvalue weighted by Crippen LogP contribution is 2.39. The first-order chi connectivity index (χ1) is 11.0. The van der Waals surface area contributed by atoms with Crippen LogP contribution in [0.4, 0.5) is 13.2 Å². The van der Waals surface area contributed by atoms with Gasteiger partial charge < -0.3 is 19.2 Å². The van der Waals surface area contributed by atoms with Crippen LogP contribution in [-0.4, -0.2) is 36.4 Å². The van der Waals surface area contributed by atoms with Gasteiger partial charge in [0.05, 0.1) is 17.8 Å². The van der Waals surface area contributed by atoms with Gasteiger partial charge in [-0.25, -0.2) is 0 Å². The van der Waals surface area contributed by atoms with Crippen LogP contribution in [0, 0.1) is 0 Å². The highest BCUT2D eigenvalue weighted by molar-refractivity contribution is 6.55. The molecule has 132 valence electrons. The molecule has 1 heterocycles. The SMILES string of the molecule is CC1(C)OB(C(=Cc2ccccc2OC(F)(F)F)CO)OC1(C)C. The van der Waals surface area contributed by atoms with E-state index in [2.05, 4.69) is 4.74 Å². The largest absolute Gasteiger partial charge is 0.573 e. The van der Waals surface area contributed by atoms with Gasteiger partial charge in [0.25, 0.3) is 0 Å². The van der Waals surface area contributed by atoms with E-state index in [9.17, 15) is 18.3 Å². The molecule has 24 heavy (non-hydrogen) atoms. The summed E-state index contributed by atoms with van der Waals surface area (Å²) in [4.78, 5) is 0. The first-order valence-electron chi connectivity index (χ1n) is 7.47. The maximum Gasteiger partial charge on any atom is 0.573 e. The normalized spacial score (nSPS) is 20.3. The molecule has 8 heteroatoms. The second-order valence-corrected chi connectivity index (χ2v) is 6.55. The zero-order valence-corrected chi connectivity index (χ0v) is 14.0. The van der Waals surface area contributed by atoms with E-state index in [-0.39, 0.29) is 11.3 Å². The first kappa shape index (κ1) is 18.8. The molecule has 0 radical (unpaired) electrons. The molecule has 2 rings (SSSR count). The summed E-state index contributed by atoms with van der Waals surface area (Å²) in [6, 6.07) is 5.68. The Morgan fingerprint density at radius 1 is 1.17 bits per heavy atom. The third kappa shape index (κ3) is 4.12. The summed E-state index contributed by atoms with van der Waals surface area (Å²) in [5, 5.41) is 9.62. The molecule has 1 aromatic rings. The molecule has 1 aliphatic rings. The van der Waals surface area contributed by atoms with Gasteiger partial charge in [0.2, 0.25) is 0 Å². The molecule has 4 nitrogen and oxygen atoms in total. The predicted molar refractivity (Wildman–Crippen MR) is 84.3 cm³/mol. The Kier molecular flexibility index (Phi) is 5.04. The van der Waals surface area contributed by atoms with Gasteiger partial charge in [-0.3, -0.25) is 0 Å².